The largest absolute Gasteiger partial charge is 0.478 e. The van der Waals surface area contributed by atoms with Crippen LogP contribution >= 0.6 is 0 Å². The third kappa shape index (κ3) is 2.90. The first-order valence-corrected chi connectivity index (χ1v) is 5.49. The van der Waals surface area contributed by atoms with Crippen molar-refractivity contribution in [3.05, 3.63) is 0 Å². The predicted molar refractivity (Wildman–Crippen MR) is 51.2 cm³/mol. The normalized spacial score (nSPS) is 30.6. The highest BCUT2D eigenvalue weighted by Crippen LogP contribution is 2.34. The number of piperidine rings is 1. The van der Waals surface area contributed by atoms with E-state index in [4.69, 9.17) is 0 Å². The maximum atomic E-state index is 12.2. The van der Waals surface area contributed by atoms with E-state index in [2.05, 4.69) is 4.90 Å². The van der Waals surface area contributed by atoms with Gasteiger partial charge in [-0.05, 0) is 32.4 Å². The molecule has 0 amide bonds. The molecule has 1 aliphatic heterocycles. The molecular formula is C9H16BF3N-. The van der Waals surface area contributed by atoms with Crippen LogP contribution < -0.4 is 0 Å². The van der Waals surface area contributed by atoms with Crippen LogP contribution in [0.5, 0.6) is 0 Å². The summed E-state index contributed by atoms with van der Waals surface area (Å²) in [7, 11) is 0. The van der Waals surface area contributed by atoms with Gasteiger partial charge in [-0.3, -0.25) is 0 Å². The fraction of sp³-hybridized carbons (Fsp3) is 1.00. The Morgan fingerprint density at radius 3 is 2.43 bits per heavy atom. The van der Waals surface area contributed by atoms with Crippen molar-refractivity contribution in [1.29, 1.82) is 0 Å². The Balaban J connectivity index is 1.81. The Bertz CT molecular complexity index is 203. The second-order valence-electron chi connectivity index (χ2n) is 4.68. The zero-order valence-electron chi connectivity index (χ0n) is 8.26. The highest BCUT2D eigenvalue weighted by Gasteiger charge is 2.35. The van der Waals surface area contributed by atoms with Gasteiger partial charge < -0.3 is 17.8 Å². The van der Waals surface area contributed by atoms with Crippen LogP contribution in [0.3, 0.4) is 0 Å². The van der Waals surface area contributed by atoms with E-state index >= 15 is 0 Å². The van der Waals surface area contributed by atoms with E-state index in [0.29, 0.717) is 12.6 Å². The highest BCUT2D eigenvalue weighted by atomic mass is 19.4. The number of halogens is 3. The summed E-state index contributed by atoms with van der Waals surface area (Å²) in [5.41, 5.74) is 0. The molecule has 0 aromatic heterocycles. The predicted octanol–water partition coefficient (Wildman–Crippen LogP) is 2.71. The van der Waals surface area contributed by atoms with Crippen molar-refractivity contribution < 1.29 is 12.9 Å². The molecule has 0 spiro atoms. The van der Waals surface area contributed by atoms with E-state index in [0.717, 1.165) is 19.4 Å². The Labute approximate surface area is 82.7 Å². The molecule has 0 radical (unpaired) electrons. The Hall–Kier alpha value is -0.185. The van der Waals surface area contributed by atoms with E-state index in [1.807, 2.05) is 0 Å². The minimum Gasteiger partial charge on any atom is -0.449 e. The average Bonchev–Trinajstić information content (AvgIpc) is 2.83. The van der Waals surface area contributed by atoms with Crippen molar-refractivity contribution >= 4 is 6.98 Å². The quantitative estimate of drug-likeness (QED) is 0.641. The first kappa shape index (κ1) is 10.3. The summed E-state index contributed by atoms with van der Waals surface area (Å²) in [4.78, 5) is 2.26. The lowest BCUT2D eigenvalue weighted by Gasteiger charge is -2.35. The lowest BCUT2D eigenvalue weighted by molar-refractivity contribution is 0.170. The molecule has 1 saturated carbocycles. The third-order valence-corrected chi connectivity index (χ3v) is 3.21. The van der Waals surface area contributed by atoms with E-state index in [1.165, 1.54) is 12.8 Å². The van der Waals surface area contributed by atoms with Gasteiger partial charge in [0.25, 0.3) is 0 Å². The van der Waals surface area contributed by atoms with Gasteiger partial charge in [0, 0.05) is 6.04 Å². The molecule has 82 valence electrons. The van der Waals surface area contributed by atoms with E-state index < -0.39 is 13.3 Å². The summed E-state index contributed by atoms with van der Waals surface area (Å²) in [6.45, 7) is -2.87. The van der Waals surface area contributed by atoms with Gasteiger partial charge >= 0.3 is 6.98 Å². The molecule has 2 fully saturated rings. The molecule has 2 aliphatic rings. The molecule has 0 N–H and O–H groups in total. The van der Waals surface area contributed by atoms with Crippen molar-refractivity contribution in [3.63, 3.8) is 0 Å². The van der Waals surface area contributed by atoms with Crippen LogP contribution in [-0.4, -0.2) is 31.0 Å². The Kier molecular flexibility index (Phi) is 2.78. The maximum Gasteiger partial charge on any atom is 0.478 e. The van der Waals surface area contributed by atoms with Gasteiger partial charge in [0.15, 0.2) is 0 Å². The van der Waals surface area contributed by atoms with Gasteiger partial charge in [-0.15, -0.1) is 0 Å². The first-order valence-electron chi connectivity index (χ1n) is 5.49. The average molecular weight is 206 g/mol. The molecule has 0 bridgehead atoms. The summed E-state index contributed by atoms with van der Waals surface area (Å²) < 4.78 is 36.7. The molecule has 1 aliphatic carbocycles. The number of nitrogens with zero attached hydrogens (tertiary/aromatic N) is 1. The number of hydrogen-bond acceptors (Lipinski definition) is 1. The number of rotatable bonds is 3. The van der Waals surface area contributed by atoms with Crippen molar-refractivity contribution in [3.8, 4) is 0 Å². The topological polar surface area (TPSA) is 3.24 Å². The minimum absolute atomic E-state index is 0.121. The van der Waals surface area contributed by atoms with Gasteiger partial charge in [0.05, 0.1) is 0 Å². The van der Waals surface area contributed by atoms with Crippen LogP contribution in [0, 0.1) is 5.92 Å². The minimum atomic E-state index is -4.58. The van der Waals surface area contributed by atoms with Crippen LogP contribution in [-0.2, 0) is 0 Å². The molecule has 5 heteroatoms. The fourth-order valence-corrected chi connectivity index (χ4v) is 2.44. The standard InChI is InChI=1S/C9H16BF3N/c11-10(12,13)6-8-2-1-5-14(7-8)9-3-4-9/h8-9H,1-7H2/q-1. The Morgan fingerprint density at radius 1 is 1.14 bits per heavy atom. The molecule has 0 aromatic carbocycles. The van der Waals surface area contributed by atoms with Gasteiger partial charge in [-0.2, -0.15) is 0 Å². The zero-order chi connectivity index (χ0) is 10.2. The van der Waals surface area contributed by atoms with E-state index in [9.17, 15) is 12.9 Å². The molecule has 1 nitrogen and oxygen atoms in total. The molecule has 1 heterocycles. The van der Waals surface area contributed by atoms with Crippen molar-refractivity contribution in [2.45, 2.75) is 38.0 Å². The van der Waals surface area contributed by atoms with Gasteiger partial charge in [0.1, 0.15) is 0 Å². The van der Waals surface area contributed by atoms with Crippen LogP contribution in [0.4, 0.5) is 12.9 Å². The summed E-state index contributed by atoms with van der Waals surface area (Å²) in [6, 6.07) is 0.624. The van der Waals surface area contributed by atoms with Crippen molar-refractivity contribution in [2.75, 3.05) is 13.1 Å². The first-order chi connectivity index (χ1) is 6.54. The number of hydrogen-bond donors (Lipinski definition) is 0. The molecule has 1 atom stereocenters. The molecule has 14 heavy (non-hydrogen) atoms. The second kappa shape index (κ2) is 3.76. The van der Waals surface area contributed by atoms with Gasteiger partial charge in [0.2, 0.25) is 0 Å². The molecule has 1 unspecified atom stereocenters. The molecule has 1 saturated heterocycles. The SMILES string of the molecule is F[B-](F)(F)CC1CCCN(C2CC2)C1. The molecular weight excluding hydrogens is 190 g/mol. The van der Waals surface area contributed by atoms with Crippen molar-refractivity contribution in [1.82, 2.24) is 4.90 Å². The number of likely N-dealkylation sites (tertiary alicyclic amines) is 1. The lowest BCUT2D eigenvalue weighted by Crippen LogP contribution is -2.38. The summed E-state index contributed by atoms with van der Waals surface area (Å²) >= 11 is 0. The monoisotopic (exact) mass is 206 g/mol. The van der Waals surface area contributed by atoms with Crippen LogP contribution in [0.1, 0.15) is 25.7 Å². The van der Waals surface area contributed by atoms with E-state index in [1.54, 1.807) is 0 Å². The van der Waals surface area contributed by atoms with Crippen LogP contribution in [0.2, 0.25) is 6.32 Å². The summed E-state index contributed by atoms with van der Waals surface area (Å²) in [5, 5.41) is 0. The zero-order valence-corrected chi connectivity index (χ0v) is 8.26. The summed E-state index contributed by atoms with van der Waals surface area (Å²) in [6.07, 6.45) is 3.59. The maximum absolute atomic E-state index is 12.2. The van der Waals surface area contributed by atoms with Crippen LogP contribution in [0.15, 0.2) is 0 Å². The molecule has 2 rings (SSSR count). The van der Waals surface area contributed by atoms with Gasteiger partial charge in [-0.1, -0.05) is 18.7 Å². The lowest BCUT2D eigenvalue weighted by atomic mass is 9.75. The smallest absolute Gasteiger partial charge is 0.449 e. The third-order valence-electron chi connectivity index (χ3n) is 3.21. The second-order valence-corrected chi connectivity index (χ2v) is 4.68. The fourth-order valence-electron chi connectivity index (χ4n) is 2.44. The van der Waals surface area contributed by atoms with Crippen molar-refractivity contribution in [2.24, 2.45) is 5.92 Å². The molecule has 0 aromatic rings. The van der Waals surface area contributed by atoms with E-state index in [-0.39, 0.29) is 5.92 Å². The Morgan fingerprint density at radius 2 is 1.86 bits per heavy atom. The van der Waals surface area contributed by atoms with Crippen LogP contribution in [0.25, 0.3) is 0 Å². The summed E-state index contributed by atoms with van der Waals surface area (Å²) in [5.74, 6) is -0.121. The van der Waals surface area contributed by atoms with Gasteiger partial charge in [-0.25, -0.2) is 0 Å². The highest BCUT2D eigenvalue weighted by molar-refractivity contribution is 6.58.